The van der Waals surface area contributed by atoms with E-state index in [0.29, 0.717) is 5.56 Å². The number of aromatic carboxylic acids is 1. The van der Waals surface area contributed by atoms with Crippen molar-refractivity contribution in [1.29, 1.82) is 0 Å². The summed E-state index contributed by atoms with van der Waals surface area (Å²) in [6.45, 7) is 0. The molecule has 0 spiro atoms. The van der Waals surface area contributed by atoms with Crippen molar-refractivity contribution in [2.24, 2.45) is 0 Å². The van der Waals surface area contributed by atoms with Gasteiger partial charge < -0.3 is 9.84 Å². The average molecular weight is 208 g/mol. The zero-order valence-corrected chi connectivity index (χ0v) is 8.30. The van der Waals surface area contributed by atoms with Crippen molar-refractivity contribution >= 4 is 27.4 Å². The van der Waals surface area contributed by atoms with Gasteiger partial charge in [0.05, 0.1) is 17.4 Å². The number of thiophene rings is 1. The zero-order chi connectivity index (χ0) is 10.1. The van der Waals surface area contributed by atoms with Crippen LogP contribution in [0.5, 0.6) is 5.75 Å². The van der Waals surface area contributed by atoms with Crippen molar-refractivity contribution in [3.8, 4) is 5.75 Å². The van der Waals surface area contributed by atoms with Gasteiger partial charge in [0.1, 0.15) is 5.75 Å². The number of ether oxygens (including phenoxy) is 1. The lowest BCUT2D eigenvalue weighted by Gasteiger charge is -2.00. The number of fused-ring (bicyclic) bond motifs is 1. The highest BCUT2D eigenvalue weighted by molar-refractivity contribution is 7.18. The summed E-state index contributed by atoms with van der Waals surface area (Å²) >= 11 is 1.39. The fraction of sp³-hybridized carbons (Fsp3) is 0.100. The van der Waals surface area contributed by atoms with Crippen LogP contribution < -0.4 is 4.74 Å². The molecule has 1 aromatic carbocycles. The van der Waals surface area contributed by atoms with Crippen LogP contribution in [0.15, 0.2) is 23.6 Å². The molecule has 0 aliphatic heterocycles. The molecule has 0 radical (unpaired) electrons. The summed E-state index contributed by atoms with van der Waals surface area (Å²) in [5.74, 6) is -0.176. The Morgan fingerprint density at radius 2 is 2.29 bits per heavy atom. The lowest BCUT2D eigenvalue weighted by molar-refractivity contribution is 0.0699. The Morgan fingerprint density at radius 3 is 2.93 bits per heavy atom. The largest absolute Gasteiger partial charge is 0.495 e. The second-order valence-electron chi connectivity index (χ2n) is 2.79. The predicted molar refractivity (Wildman–Crippen MR) is 55.3 cm³/mol. The lowest BCUT2D eigenvalue weighted by Crippen LogP contribution is -1.93. The number of carbonyl (C=O) groups is 1. The summed E-state index contributed by atoms with van der Waals surface area (Å²) in [5.41, 5.74) is 0.337. The van der Waals surface area contributed by atoms with Gasteiger partial charge in [-0.25, -0.2) is 4.79 Å². The van der Waals surface area contributed by atoms with Gasteiger partial charge in [-0.15, -0.1) is 11.3 Å². The van der Waals surface area contributed by atoms with Gasteiger partial charge >= 0.3 is 5.97 Å². The number of rotatable bonds is 2. The minimum absolute atomic E-state index is 0.337. The third kappa shape index (κ3) is 1.24. The molecule has 0 amide bonds. The molecule has 0 aliphatic carbocycles. The summed E-state index contributed by atoms with van der Waals surface area (Å²) in [7, 11) is 1.58. The molecule has 14 heavy (non-hydrogen) atoms. The molecule has 0 unspecified atom stereocenters. The summed E-state index contributed by atoms with van der Waals surface area (Å²) in [6, 6.07) is 5.41. The van der Waals surface area contributed by atoms with Gasteiger partial charge in [-0.2, -0.15) is 0 Å². The van der Waals surface area contributed by atoms with Gasteiger partial charge in [-0.3, -0.25) is 0 Å². The first-order valence-corrected chi connectivity index (χ1v) is 4.89. The van der Waals surface area contributed by atoms with E-state index in [1.54, 1.807) is 24.6 Å². The van der Waals surface area contributed by atoms with E-state index in [1.165, 1.54) is 11.3 Å². The SMILES string of the molecule is COc1cccc2c(C(=O)O)csc12. The summed E-state index contributed by atoms with van der Waals surface area (Å²) < 4.78 is 6.02. The standard InChI is InChI=1S/C10H8O3S/c1-13-8-4-2-3-6-7(10(11)12)5-14-9(6)8/h2-5H,1H3,(H,11,12). The van der Waals surface area contributed by atoms with Crippen molar-refractivity contribution in [3.63, 3.8) is 0 Å². The van der Waals surface area contributed by atoms with E-state index < -0.39 is 5.97 Å². The zero-order valence-electron chi connectivity index (χ0n) is 7.48. The van der Waals surface area contributed by atoms with Crippen molar-refractivity contribution in [2.75, 3.05) is 7.11 Å². The number of hydrogen-bond acceptors (Lipinski definition) is 3. The van der Waals surface area contributed by atoms with Gasteiger partial charge in [0.15, 0.2) is 0 Å². The molecule has 0 bridgehead atoms. The molecular weight excluding hydrogens is 200 g/mol. The number of hydrogen-bond donors (Lipinski definition) is 1. The van der Waals surface area contributed by atoms with E-state index in [0.717, 1.165) is 15.8 Å². The molecule has 2 aromatic rings. The third-order valence-electron chi connectivity index (χ3n) is 2.01. The molecule has 4 heteroatoms. The topological polar surface area (TPSA) is 46.5 Å². The molecule has 0 saturated heterocycles. The number of methoxy groups -OCH3 is 1. The average Bonchev–Trinajstić information content (AvgIpc) is 2.60. The summed E-state index contributed by atoms with van der Waals surface area (Å²) in [5, 5.41) is 11.3. The van der Waals surface area contributed by atoms with Gasteiger partial charge in [-0.05, 0) is 6.07 Å². The Labute approximate surface area is 84.6 Å². The van der Waals surface area contributed by atoms with Crippen molar-refractivity contribution in [3.05, 3.63) is 29.1 Å². The minimum Gasteiger partial charge on any atom is -0.495 e. The monoisotopic (exact) mass is 208 g/mol. The predicted octanol–water partition coefficient (Wildman–Crippen LogP) is 2.61. The van der Waals surface area contributed by atoms with Crippen LogP contribution >= 0.6 is 11.3 Å². The highest BCUT2D eigenvalue weighted by atomic mass is 32.1. The van der Waals surface area contributed by atoms with Crippen LogP contribution in [0, 0.1) is 0 Å². The number of carboxylic acids is 1. The van der Waals surface area contributed by atoms with Crippen molar-refractivity contribution in [1.82, 2.24) is 0 Å². The molecule has 3 nitrogen and oxygen atoms in total. The van der Waals surface area contributed by atoms with E-state index in [2.05, 4.69) is 0 Å². The van der Waals surface area contributed by atoms with Crippen LogP contribution in [-0.4, -0.2) is 18.2 Å². The second-order valence-corrected chi connectivity index (χ2v) is 3.67. The first-order chi connectivity index (χ1) is 6.74. The highest BCUT2D eigenvalue weighted by Gasteiger charge is 2.12. The van der Waals surface area contributed by atoms with Gasteiger partial charge in [0.25, 0.3) is 0 Å². The lowest BCUT2D eigenvalue weighted by atomic mass is 10.2. The van der Waals surface area contributed by atoms with Crippen LogP contribution in [0.4, 0.5) is 0 Å². The Balaban J connectivity index is 2.75. The quantitative estimate of drug-likeness (QED) is 0.825. The maximum atomic E-state index is 10.8. The molecule has 1 heterocycles. The summed E-state index contributed by atoms with van der Waals surface area (Å²) in [6.07, 6.45) is 0. The smallest absolute Gasteiger partial charge is 0.337 e. The normalized spacial score (nSPS) is 10.4. The molecule has 2 rings (SSSR count). The molecular formula is C10H8O3S. The molecule has 1 aromatic heterocycles. The Hall–Kier alpha value is -1.55. The minimum atomic E-state index is -0.899. The van der Waals surface area contributed by atoms with Gasteiger partial charge in [0.2, 0.25) is 0 Å². The van der Waals surface area contributed by atoms with E-state index in [-0.39, 0.29) is 0 Å². The van der Waals surface area contributed by atoms with Crippen LogP contribution in [0.1, 0.15) is 10.4 Å². The van der Waals surface area contributed by atoms with E-state index >= 15 is 0 Å². The number of benzene rings is 1. The second kappa shape index (κ2) is 3.31. The van der Waals surface area contributed by atoms with Crippen LogP contribution in [0.2, 0.25) is 0 Å². The molecule has 0 aliphatic rings. The first kappa shape index (κ1) is 9.02. The maximum Gasteiger partial charge on any atom is 0.337 e. The molecule has 0 atom stereocenters. The van der Waals surface area contributed by atoms with Gasteiger partial charge in [0, 0.05) is 10.8 Å². The van der Waals surface area contributed by atoms with Crippen LogP contribution in [-0.2, 0) is 0 Å². The molecule has 0 saturated carbocycles. The third-order valence-corrected chi connectivity index (χ3v) is 3.02. The summed E-state index contributed by atoms with van der Waals surface area (Å²) in [4.78, 5) is 10.8. The van der Waals surface area contributed by atoms with Gasteiger partial charge in [-0.1, -0.05) is 12.1 Å². The van der Waals surface area contributed by atoms with E-state index in [9.17, 15) is 4.79 Å². The van der Waals surface area contributed by atoms with Crippen molar-refractivity contribution < 1.29 is 14.6 Å². The molecule has 0 fully saturated rings. The maximum absolute atomic E-state index is 10.8. The number of carboxylic acid groups (broad SMARTS) is 1. The molecule has 72 valence electrons. The van der Waals surface area contributed by atoms with Crippen LogP contribution in [0.25, 0.3) is 10.1 Å². The first-order valence-electron chi connectivity index (χ1n) is 4.01. The van der Waals surface area contributed by atoms with Crippen molar-refractivity contribution in [2.45, 2.75) is 0 Å². The Kier molecular flexibility index (Phi) is 2.13. The van der Waals surface area contributed by atoms with Crippen LogP contribution in [0.3, 0.4) is 0 Å². The molecule has 1 N–H and O–H groups in total. The Bertz CT molecular complexity index is 487. The fourth-order valence-corrected chi connectivity index (χ4v) is 2.39. The Morgan fingerprint density at radius 1 is 1.50 bits per heavy atom. The van der Waals surface area contributed by atoms with E-state index in [4.69, 9.17) is 9.84 Å². The fourth-order valence-electron chi connectivity index (χ4n) is 1.36. The highest BCUT2D eigenvalue weighted by Crippen LogP contribution is 2.33. The van der Waals surface area contributed by atoms with E-state index in [1.807, 2.05) is 6.07 Å².